The van der Waals surface area contributed by atoms with Crippen molar-refractivity contribution in [3.63, 3.8) is 0 Å². The number of hydrogen-bond donors (Lipinski definition) is 2. The third-order valence-electron chi connectivity index (χ3n) is 4.08. The zero-order valence-electron chi connectivity index (χ0n) is 17.0. The van der Waals surface area contributed by atoms with Gasteiger partial charge in [0.1, 0.15) is 12.4 Å². The van der Waals surface area contributed by atoms with E-state index in [9.17, 15) is 19.7 Å². The number of nitro groups is 1. The number of carbonyl (C=O) groups is 2. The Labute approximate surface area is 177 Å². The first-order chi connectivity index (χ1) is 14.6. The fourth-order valence-corrected chi connectivity index (χ4v) is 2.44. The topological polar surface area (TPSA) is 173 Å². The minimum absolute atomic E-state index is 0.0610. The molecule has 0 unspecified atom stereocenters. The van der Waals surface area contributed by atoms with E-state index in [4.69, 9.17) is 21.1 Å². The SMILES string of the molecule is COC(=O)c1ccc(/C(N)=C(\COC(=O)Oc2ccc([N+](=O)[O-])cc2)N(C)N)nc1C. The van der Waals surface area contributed by atoms with Crippen molar-refractivity contribution in [2.24, 2.45) is 11.6 Å². The number of pyridine rings is 1. The molecule has 0 aliphatic heterocycles. The van der Waals surface area contributed by atoms with Crippen LogP contribution in [0.3, 0.4) is 0 Å². The number of hydrogen-bond acceptors (Lipinski definition) is 11. The number of benzene rings is 1. The highest BCUT2D eigenvalue weighted by atomic mass is 16.7. The Morgan fingerprint density at radius 2 is 1.84 bits per heavy atom. The van der Waals surface area contributed by atoms with Crippen LogP contribution >= 0.6 is 0 Å². The number of nitro benzene ring substituents is 1. The summed E-state index contributed by atoms with van der Waals surface area (Å²) in [7, 11) is 2.75. The highest BCUT2D eigenvalue weighted by molar-refractivity contribution is 5.90. The lowest BCUT2D eigenvalue weighted by Crippen LogP contribution is -2.31. The zero-order valence-corrected chi connectivity index (χ0v) is 17.0. The van der Waals surface area contributed by atoms with Gasteiger partial charge in [0.25, 0.3) is 5.69 Å². The van der Waals surface area contributed by atoms with Gasteiger partial charge < -0.3 is 25.0 Å². The number of rotatable bonds is 7. The van der Waals surface area contributed by atoms with Crippen LogP contribution in [0.4, 0.5) is 10.5 Å². The average Bonchev–Trinajstić information content (AvgIpc) is 2.73. The molecule has 0 fully saturated rings. The molecule has 4 N–H and O–H groups in total. The summed E-state index contributed by atoms with van der Waals surface area (Å²) < 4.78 is 14.7. The van der Waals surface area contributed by atoms with Crippen LogP contribution in [-0.4, -0.2) is 47.8 Å². The second kappa shape index (κ2) is 10.0. The molecule has 0 aliphatic rings. The summed E-state index contributed by atoms with van der Waals surface area (Å²) >= 11 is 0. The van der Waals surface area contributed by atoms with E-state index >= 15 is 0 Å². The van der Waals surface area contributed by atoms with E-state index in [1.807, 2.05) is 0 Å². The molecule has 2 rings (SSSR count). The standard InChI is InChI=1S/C19H21N5O7/c1-11-14(18(25)29-3)8-9-15(22-11)17(20)16(23(2)21)10-30-19(26)31-13-6-4-12(5-7-13)24(27)28/h4-9H,10,20-21H2,1-3H3/b17-16-. The summed E-state index contributed by atoms with van der Waals surface area (Å²) in [4.78, 5) is 38.0. The maximum absolute atomic E-state index is 12.0. The van der Waals surface area contributed by atoms with Crippen molar-refractivity contribution in [1.82, 2.24) is 9.99 Å². The van der Waals surface area contributed by atoms with Crippen molar-refractivity contribution < 1.29 is 28.7 Å². The maximum Gasteiger partial charge on any atom is 0.514 e. The van der Waals surface area contributed by atoms with Crippen molar-refractivity contribution >= 4 is 23.5 Å². The molecule has 1 aromatic carbocycles. The van der Waals surface area contributed by atoms with Gasteiger partial charge in [0.05, 0.1) is 40.4 Å². The summed E-state index contributed by atoms with van der Waals surface area (Å²) in [5, 5.41) is 11.8. The van der Waals surface area contributed by atoms with Crippen molar-refractivity contribution in [2.75, 3.05) is 20.8 Å². The van der Waals surface area contributed by atoms with Gasteiger partial charge >= 0.3 is 12.1 Å². The van der Waals surface area contributed by atoms with Crippen molar-refractivity contribution in [3.8, 4) is 5.75 Å². The minimum atomic E-state index is -1.06. The van der Waals surface area contributed by atoms with Crippen LogP contribution in [0.5, 0.6) is 5.75 Å². The largest absolute Gasteiger partial charge is 0.514 e. The Bertz CT molecular complexity index is 1020. The first-order valence-corrected chi connectivity index (χ1v) is 8.76. The predicted molar refractivity (Wildman–Crippen MR) is 108 cm³/mol. The molecule has 0 saturated carbocycles. The zero-order chi connectivity index (χ0) is 23.1. The molecule has 164 valence electrons. The van der Waals surface area contributed by atoms with E-state index in [2.05, 4.69) is 9.72 Å². The molecule has 12 heteroatoms. The number of hydrazine groups is 1. The number of carbonyl (C=O) groups excluding carboxylic acids is 2. The van der Waals surface area contributed by atoms with Gasteiger partial charge in [-0.1, -0.05) is 0 Å². The molecule has 0 atom stereocenters. The fourth-order valence-electron chi connectivity index (χ4n) is 2.44. The number of non-ortho nitro benzene ring substituents is 1. The van der Waals surface area contributed by atoms with Crippen LogP contribution in [-0.2, 0) is 9.47 Å². The van der Waals surface area contributed by atoms with E-state index in [0.717, 1.165) is 5.01 Å². The number of aryl methyl sites for hydroxylation is 1. The van der Waals surface area contributed by atoms with E-state index in [0.29, 0.717) is 11.4 Å². The Balaban J connectivity index is 2.13. The van der Waals surface area contributed by atoms with Crippen molar-refractivity contribution in [2.45, 2.75) is 6.92 Å². The van der Waals surface area contributed by atoms with Gasteiger partial charge in [0.2, 0.25) is 0 Å². The summed E-state index contributed by atoms with van der Waals surface area (Å²) in [5.74, 6) is 5.32. The second-order valence-electron chi connectivity index (χ2n) is 6.18. The third kappa shape index (κ3) is 5.90. The van der Waals surface area contributed by atoms with Gasteiger partial charge in [-0.15, -0.1) is 0 Å². The molecule has 1 heterocycles. The Hall–Kier alpha value is -4.19. The summed E-state index contributed by atoms with van der Waals surface area (Å²) in [6, 6.07) is 7.91. The van der Waals surface area contributed by atoms with Crippen LogP contribution in [0, 0.1) is 17.0 Å². The molecule has 1 aromatic heterocycles. The normalized spacial score (nSPS) is 11.2. The first-order valence-electron chi connectivity index (χ1n) is 8.76. The van der Waals surface area contributed by atoms with Gasteiger partial charge in [0.15, 0.2) is 0 Å². The highest BCUT2D eigenvalue weighted by Crippen LogP contribution is 2.19. The number of nitrogens with zero attached hydrogens (tertiary/aromatic N) is 3. The molecule has 31 heavy (non-hydrogen) atoms. The third-order valence-corrected chi connectivity index (χ3v) is 4.08. The van der Waals surface area contributed by atoms with Gasteiger partial charge in [0, 0.05) is 19.2 Å². The van der Waals surface area contributed by atoms with Crippen molar-refractivity contribution in [3.05, 3.63) is 69.2 Å². The quantitative estimate of drug-likeness (QED) is 0.215. The predicted octanol–water partition coefficient (Wildman–Crippen LogP) is 1.73. The molecule has 12 nitrogen and oxygen atoms in total. The van der Waals surface area contributed by atoms with Crippen LogP contribution < -0.4 is 16.3 Å². The molecule has 0 amide bonds. The summed E-state index contributed by atoms with van der Waals surface area (Å²) in [5.41, 5.74) is 7.31. The maximum atomic E-state index is 12.0. The van der Waals surface area contributed by atoms with E-state index < -0.39 is 17.0 Å². The van der Waals surface area contributed by atoms with Crippen LogP contribution in [0.2, 0.25) is 0 Å². The van der Waals surface area contributed by atoms with E-state index in [1.165, 1.54) is 50.6 Å². The Kier molecular flexibility index (Phi) is 7.47. The highest BCUT2D eigenvalue weighted by Gasteiger charge is 2.17. The van der Waals surface area contributed by atoms with Crippen LogP contribution in [0.1, 0.15) is 21.7 Å². The lowest BCUT2D eigenvalue weighted by Gasteiger charge is -2.19. The van der Waals surface area contributed by atoms with Crippen LogP contribution in [0.15, 0.2) is 42.1 Å². The molecule has 0 aliphatic carbocycles. The van der Waals surface area contributed by atoms with Crippen molar-refractivity contribution in [1.29, 1.82) is 0 Å². The Morgan fingerprint density at radius 3 is 2.35 bits per heavy atom. The second-order valence-corrected chi connectivity index (χ2v) is 6.18. The molecular weight excluding hydrogens is 410 g/mol. The lowest BCUT2D eigenvalue weighted by atomic mass is 10.1. The molecule has 0 spiro atoms. The van der Waals surface area contributed by atoms with E-state index in [1.54, 1.807) is 6.92 Å². The van der Waals surface area contributed by atoms with Crippen LogP contribution in [0.25, 0.3) is 5.70 Å². The number of ether oxygens (including phenoxy) is 3. The molecule has 0 radical (unpaired) electrons. The average molecular weight is 431 g/mol. The van der Waals surface area contributed by atoms with Gasteiger partial charge in [-0.3, -0.25) is 15.1 Å². The Morgan fingerprint density at radius 1 is 1.19 bits per heavy atom. The van der Waals surface area contributed by atoms with Gasteiger partial charge in [-0.25, -0.2) is 15.4 Å². The summed E-state index contributed by atoms with van der Waals surface area (Å²) in [6.45, 7) is 1.27. The first kappa shape index (κ1) is 23.1. The molecule has 0 bridgehead atoms. The number of likely N-dealkylation sites (N-methyl/N-ethyl adjacent to an activating group) is 1. The number of aromatic nitrogens is 1. The monoisotopic (exact) mass is 431 g/mol. The van der Waals surface area contributed by atoms with Gasteiger partial charge in [-0.2, -0.15) is 0 Å². The smallest absolute Gasteiger partial charge is 0.465 e. The van der Waals surface area contributed by atoms with E-state index in [-0.39, 0.29) is 35.0 Å². The molecule has 2 aromatic rings. The summed E-state index contributed by atoms with van der Waals surface area (Å²) in [6.07, 6.45) is -1.06. The number of methoxy groups -OCH3 is 1. The fraction of sp³-hybridized carbons (Fsp3) is 0.211. The minimum Gasteiger partial charge on any atom is -0.465 e. The lowest BCUT2D eigenvalue weighted by molar-refractivity contribution is -0.384. The number of esters is 1. The molecular formula is C19H21N5O7. The number of nitrogens with two attached hydrogens (primary N) is 2. The molecule has 0 saturated heterocycles. The van der Waals surface area contributed by atoms with Gasteiger partial charge in [-0.05, 0) is 31.2 Å².